The summed E-state index contributed by atoms with van der Waals surface area (Å²) in [5.74, 6) is -3.70. The molecule has 2 bridgehead atoms. The average molecular weight is 1030 g/mol. The number of benzene rings is 1. The van der Waals surface area contributed by atoms with Crippen molar-refractivity contribution in [3.8, 4) is 0 Å². The summed E-state index contributed by atoms with van der Waals surface area (Å²) in [7, 11) is 3.43. The molecular weight excluding hydrogens is 949 g/mol. The van der Waals surface area contributed by atoms with Crippen molar-refractivity contribution in [3.05, 3.63) is 68.9 Å². The fourth-order valence-electron chi connectivity index (χ4n) is 11.7. The summed E-state index contributed by atoms with van der Waals surface area (Å²) in [6, 6.07) is 5.06. The maximum atomic E-state index is 14.7. The summed E-state index contributed by atoms with van der Waals surface area (Å²) in [6.45, 7) is 23.1. The van der Waals surface area contributed by atoms with E-state index in [-0.39, 0.29) is 44.3 Å². The Hall–Kier alpha value is -3.87. The van der Waals surface area contributed by atoms with Gasteiger partial charge in [-0.25, -0.2) is 0 Å². The van der Waals surface area contributed by atoms with Crippen molar-refractivity contribution < 1.29 is 62.9 Å². The summed E-state index contributed by atoms with van der Waals surface area (Å²) >= 11 is 0. The molecule has 73 heavy (non-hydrogen) atoms. The number of nitroso groups, excluding NO2 is 1. The molecule has 0 amide bonds. The second-order valence-electron chi connectivity index (χ2n) is 22.0. The van der Waals surface area contributed by atoms with Crippen molar-refractivity contribution in [2.45, 2.75) is 205 Å². The molecule has 1 unspecified atom stereocenters. The van der Waals surface area contributed by atoms with Crippen LogP contribution in [0.3, 0.4) is 0 Å². The molecule has 410 valence electrons. The number of carbonyl (C=O) groups excluding carboxylic acids is 1. The molecule has 0 radical (unpaired) electrons. The van der Waals surface area contributed by atoms with Crippen LogP contribution in [0, 0.1) is 38.7 Å². The maximum Gasteiger partial charge on any atom is 0.311 e. The molecule has 4 fully saturated rings. The first-order valence-corrected chi connectivity index (χ1v) is 25.9. The Morgan fingerprint density at radius 2 is 1.71 bits per heavy atom. The van der Waals surface area contributed by atoms with Crippen LogP contribution in [-0.2, 0) is 62.1 Å². The number of non-ortho nitro benzene ring substituents is 1. The molecule has 19 atom stereocenters. The standard InChI is InChI=1S/C52H82N6O15/c1-14-40-52(11,62)47-32(5)42(54-63)30(3)24-51(10,68-28-29(2)27-67-47)46(33(6)44(34(7)48(61)71-40)72-41-25-50(9,66-13)45(60)35(8)70-41)73-49-43(59)39(23-31(4)69-49)56(12)21-20-37-26-57(55-53-37)22-19-36-15-17-38(18-16-36)58(64)65/h15-18,26,30-35,39-47,49,59-60,62H,2,14,19-25,27-28H2,1,3-13H3/t30-,31-,32+,33+,34-,35+,39+,40-,41+,42?,43-,44+,45+,46-,47-,49+,50-,51-,52-/m1/s1. The zero-order valence-corrected chi connectivity index (χ0v) is 44.8. The molecule has 21 heteroatoms. The first kappa shape index (κ1) is 58.4. The van der Waals surface area contributed by atoms with Crippen molar-refractivity contribution in [2.24, 2.45) is 28.8 Å². The number of aliphatic hydroxyl groups is 3. The lowest BCUT2D eigenvalue weighted by Gasteiger charge is -2.50. The van der Waals surface area contributed by atoms with Gasteiger partial charge in [0.2, 0.25) is 0 Å². The van der Waals surface area contributed by atoms with Gasteiger partial charge in [-0.05, 0) is 91.3 Å². The number of carbonyl (C=O) groups is 1. The third-order valence-electron chi connectivity index (χ3n) is 16.2. The van der Waals surface area contributed by atoms with Gasteiger partial charge in [-0.1, -0.05) is 56.8 Å². The molecule has 4 aliphatic heterocycles. The lowest BCUT2D eigenvalue weighted by molar-refractivity contribution is -0.384. The van der Waals surface area contributed by atoms with Crippen molar-refractivity contribution in [1.82, 2.24) is 19.9 Å². The summed E-state index contributed by atoms with van der Waals surface area (Å²) in [6.07, 6.45) is -5.82. The van der Waals surface area contributed by atoms with Gasteiger partial charge in [0.25, 0.3) is 5.69 Å². The van der Waals surface area contributed by atoms with Crippen molar-refractivity contribution in [3.63, 3.8) is 0 Å². The zero-order valence-electron chi connectivity index (χ0n) is 44.8. The number of esters is 1. The van der Waals surface area contributed by atoms with Gasteiger partial charge in [-0.15, -0.1) is 5.10 Å². The lowest BCUT2D eigenvalue weighted by Crippen LogP contribution is -2.62. The fraction of sp³-hybridized carbons (Fsp3) is 0.788. The Kier molecular flexibility index (Phi) is 19.5. The van der Waals surface area contributed by atoms with Crippen LogP contribution in [0.25, 0.3) is 0 Å². The molecule has 1 aromatic heterocycles. The Balaban J connectivity index is 1.34. The monoisotopic (exact) mass is 1030 g/mol. The van der Waals surface area contributed by atoms with Crippen LogP contribution in [0.1, 0.15) is 106 Å². The highest BCUT2D eigenvalue weighted by Gasteiger charge is 2.55. The summed E-state index contributed by atoms with van der Waals surface area (Å²) < 4.78 is 54.3. The quantitative estimate of drug-likeness (QED) is 0.0670. The average Bonchev–Trinajstić information content (AvgIpc) is 3.81. The second kappa shape index (κ2) is 24.4. The third-order valence-corrected chi connectivity index (χ3v) is 16.2. The molecule has 4 saturated heterocycles. The Bertz CT molecular complexity index is 2170. The van der Waals surface area contributed by atoms with E-state index in [0.717, 1.165) is 11.3 Å². The van der Waals surface area contributed by atoms with Gasteiger partial charge < -0.3 is 58.1 Å². The maximum absolute atomic E-state index is 14.7. The zero-order chi connectivity index (χ0) is 53.7. The van der Waals surface area contributed by atoms with Gasteiger partial charge >= 0.3 is 5.97 Å². The van der Waals surface area contributed by atoms with E-state index in [1.807, 2.05) is 45.8 Å². The van der Waals surface area contributed by atoms with Crippen molar-refractivity contribution >= 4 is 11.7 Å². The smallest absolute Gasteiger partial charge is 0.311 e. The molecule has 3 N–H and O–H groups in total. The number of likely N-dealkylation sites (N-methyl/N-ethyl adjacent to an activating group) is 1. The number of hydrogen-bond donors (Lipinski definition) is 3. The highest BCUT2D eigenvalue weighted by atomic mass is 16.7. The van der Waals surface area contributed by atoms with Gasteiger partial charge in [0, 0.05) is 69.2 Å². The summed E-state index contributed by atoms with van der Waals surface area (Å²) in [5.41, 5.74) is -1.96. The topological polar surface area (TPSA) is 258 Å². The number of nitro groups is 1. The first-order valence-electron chi connectivity index (χ1n) is 25.9. The van der Waals surface area contributed by atoms with E-state index >= 15 is 0 Å². The second-order valence-corrected chi connectivity index (χ2v) is 22.0. The van der Waals surface area contributed by atoms with E-state index in [0.29, 0.717) is 37.9 Å². The lowest BCUT2D eigenvalue weighted by atomic mass is 9.72. The minimum absolute atomic E-state index is 0.0171. The molecule has 4 aliphatic rings. The normalized spacial score (nSPS) is 40.3. The Morgan fingerprint density at radius 3 is 2.36 bits per heavy atom. The third kappa shape index (κ3) is 13.4. The molecule has 0 saturated carbocycles. The fourth-order valence-corrected chi connectivity index (χ4v) is 11.7. The highest BCUT2D eigenvalue weighted by Crippen LogP contribution is 2.44. The number of rotatable bonds is 15. The Morgan fingerprint density at radius 1 is 1.01 bits per heavy atom. The van der Waals surface area contributed by atoms with Gasteiger partial charge in [-0.3, -0.25) is 19.6 Å². The van der Waals surface area contributed by atoms with Crippen molar-refractivity contribution in [1.29, 1.82) is 0 Å². The number of cyclic esters (lactones) is 1. The van der Waals surface area contributed by atoms with Gasteiger partial charge in [0.05, 0.1) is 77.5 Å². The Labute approximate surface area is 429 Å². The molecule has 5 heterocycles. The predicted molar refractivity (Wildman–Crippen MR) is 267 cm³/mol. The van der Waals surface area contributed by atoms with Crippen LogP contribution in [0.2, 0.25) is 0 Å². The molecule has 1 aromatic carbocycles. The minimum Gasteiger partial charge on any atom is -0.459 e. The number of methoxy groups -OCH3 is 1. The van der Waals surface area contributed by atoms with Crippen LogP contribution in [-0.4, -0.2) is 170 Å². The number of ether oxygens (including phenoxy) is 8. The van der Waals surface area contributed by atoms with Crippen molar-refractivity contribution in [2.75, 3.05) is 33.9 Å². The number of aryl methyl sites for hydroxylation is 2. The van der Waals surface area contributed by atoms with Crippen LogP contribution < -0.4 is 0 Å². The largest absolute Gasteiger partial charge is 0.459 e. The summed E-state index contributed by atoms with van der Waals surface area (Å²) in [5, 5.41) is 59.5. The van der Waals surface area contributed by atoms with E-state index in [9.17, 15) is 35.1 Å². The van der Waals surface area contributed by atoms with E-state index < -0.39 is 119 Å². The molecule has 0 aliphatic carbocycles. The number of hydrogen-bond acceptors (Lipinski definition) is 19. The van der Waals surface area contributed by atoms with Gasteiger partial charge in [0.15, 0.2) is 12.6 Å². The van der Waals surface area contributed by atoms with E-state index in [2.05, 4.69) is 22.1 Å². The van der Waals surface area contributed by atoms with Gasteiger partial charge in [0.1, 0.15) is 23.9 Å². The first-order chi connectivity index (χ1) is 34.4. The summed E-state index contributed by atoms with van der Waals surface area (Å²) in [4.78, 5) is 40.5. The number of aromatic nitrogens is 3. The molecular formula is C52H82N6O15. The number of fused-ring (bicyclic) bond motifs is 5. The van der Waals surface area contributed by atoms with E-state index in [1.165, 1.54) is 19.2 Å². The van der Waals surface area contributed by atoms with Crippen LogP contribution in [0.4, 0.5) is 5.69 Å². The number of aliphatic hydroxyl groups excluding tert-OH is 2. The minimum atomic E-state index is -1.80. The van der Waals surface area contributed by atoms with Gasteiger partial charge in [-0.2, -0.15) is 4.91 Å². The predicted octanol–water partition coefficient (Wildman–Crippen LogP) is 5.33. The molecule has 2 aromatic rings. The molecule has 6 rings (SSSR count). The SMILES string of the molecule is C=C1CO[C@@H]2[C@@H](C)C(N=O)[C@H](C)C[C@@](C)(OC1)[C@H](O[C@@H]1O[C@H](C)C[C@H](N(C)CCc3cn(CCc4ccc([N+](=O)[O-])cc4)nn3)[C@H]1O)[C@@H](C)[C@H](O[C@H]1C[C@@](C)(OC)[C@@H](O)[C@H](C)O1)[C@@H](C)C(=O)O[C@H](CC)[C@@]2(C)O. The number of nitrogens with zero attached hydrogens (tertiary/aromatic N) is 6. The van der Waals surface area contributed by atoms with E-state index in [4.69, 9.17) is 37.9 Å². The van der Waals surface area contributed by atoms with Crippen LogP contribution in [0.5, 0.6) is 0 Å². The highest BCUT2D eigenvalue weighted by molar-refractivity contribution is 5.73. The number of nitro benzene ring substituents is 1. The van der Waals surface area contributed by atoms with Crippen LogP contribution >= 0.6 is 0 Å². The molecule has 21 nitrogen and oxygen atoms in total. The van der Waals surface area contributed by atoms with Crippen LogP contribution in [0.15, 0.2) is 47.8 Å². The van der Waals surface area contributed by atoms with E-state index in [1.54, 1.807) is 58.4 Å². The molecule has 0 spiro atoms.